The second kappa shape index (κ2) is 13.5. The SMILES string of the molecule is CC[S@](=O)(=NC(=O)OC(C)(C)C)c1ccc(CNC(=O)c2cc3c(s2)[C@H](C(C)C)N(CC2CCC(C(F)(F)F)CC2)C3)nc1. The molecule has 1 aliphatic carbocycles. The van der Waals surface area contributed by atoms with Crippen molar-refractivity contribution in [1.82, 2.24) is 15.2 Å². The summed E-state index contributed by atoms with van der Waals surface area (Å²) in [7, 11) is -3.05. The van der Waals surface area contributed by atoms with Crippen LogP contribution < -0.4 is 5.32 Å². The molecule has 1 saturated carbocycles. The summed E-state index contributed by atoms with van der Waals surface area (Å²) >= 11 is 1.47. The number of ether oxygens (including phenoxy) is 1. The largest absolute Gasteiger partial charge is 0.442 e. The van der Waals surface area contributed by atoms with Crippen molar-refractivity contribution < 1.29 is 31.7 Å². The van der Waals surface area contributed by atoms with E-state index in [4.69, 9.17) is 4.74 Å². The maximum atomic E-state index is 13.3. The van der Waals surface area contributed by atoms with Crippen molar-refractivity contribution >= 4 is 33.1 Å². The Morgan fingerprint density at radius 1 is 1.18 bits per heavy atom. The van der Waals surface area contributed by atoms with Gasteiger partial charge in [0, 0.05) is 36.0 Å². The van der Waals surface area contributed by atoms with Crippen LogP contribution in [0.25, 0.3) is 0 Å². The molecule has 0 radical (unpaired) electrons. The number of halogens is 3. The Kier molecular flexibility index (Phi) is 10.5. The number of amides is 2. The fraction of sp³-hybridized carbons (Fsp3) is 0.645. The maximum Gasteiger partial charge on any atom is 0.442 e. The third-order valence-electron chi connectivity index (χ3n) is 8.14. The molecule has 2 aromatic rings. The lowest BCUT2D eigenvalue weighted by Crippen LogP contribution is -2.35. The van der Waals surface area contributed by atoms with Gasteiger partial charge in [0.25, 0.3) is 5.91 Å². The van der Waals surface area contributed by atoms with Crippen LogP contribution in [0.3, 0.4) is 0 Å². The van der Waals surface area contributed by atoms with Crippen LogP contribution in [-0.4, -0.2) is 50.2 Å². The van der Waals surface area contributed by atoms with E-state index in [1.165, 1.54) is 17.5 Å². The van der Waals surface area contributed by atoms with Crippen molar-refractivity contribution in [3.8, 4) is 0 Å². The average Bonchev–Trinajstić information content (AvgIpc) is 3.48. The summed E-state index contributed by atoms with van der Waals surface area (Å²) in [4.78, 5) is 34.0. The second-order valence-electron chi connectivity index (χ2n) is 13.0. The van der Waals surface area contributed by atoms with Gasteiger partial charge in [-0.15, -0.1) is 15.7 Å². The van der Waals surface area contributed by atoms with Gasteiger partial charge in [-0.05, 0) is 82.1 Å². The molecule has 0 aromatic carbocycles. The van der Waals surface area contributed by atoms with E-state index in [0.29, 0.717) is 40.8 Å². The number of nitrogens with zero attached hydrogens (tertiary/aromatic N) is 3. The first-order chi connectivity index (χ1) is 20.5. The van der Waals surface area contributed by atoms with Gasteiger partial charge >= 0.3 is 12.3 Å². The summed E-state index contributed by atoms with van der Waals surface area (Å²) in [5, 5.41) is 2.91. The fourth-order valence-corrected chi connectivity index (χ4v) is 8.71. The van der Waals surface area contributed by atoms with Gasteiger partial charge in [0.2, 0.25) is 0 Å². The summed E-state index contributed by atoms with van der Waals surface area (Å²) in [6.45, 7) is 12.7. The lowest BCUT2D eigenvalue weighted by molar-refractivity contribution is -0.184. The Bertz CT molecular complexity index is 1450. The predicted molar refractivity (Wildman–Crippen MR) is 165 cm³/mol. The topological polar surface area (TPSA) is 101 Å². The van der Waals surface area contributed by atoms with E-state index in [1.807, 2.05) is 6.07 Å². The molecular formula is C31H43F3N4O4S2. The lowest BCUT2D eigenvalue weighted by atomic mass is 9.81. The molecule has 1 aliphatic heterocycles. The van der Waals surface area contributed by atoms with Crippen LogP contribution in [0.2, 0.25) is 0 Å². The number of aromatic nitrogens is 1. The highest BCUT2D eigenvalue weighted by Gasteiger charge is 2.43. The quantitative estimate of drug-likeness (QED) is 0.312. The van der Waals surface area contributed by atoms with Crippen molar-refractivity contribution in [2.75, 3.05) is 12.3 Å². The molecule has 2 aromatic heterocycles. The van der Waals surface area contributed by atoms with E-state index < -0.39 is 33.5 Å². The lowest BCUT2D eigenvalue weighted by Gasteiger charge is -2.35. The highest BCUT2D eigenvalue weighted by atomic mass is 32.2. The first-order valence-electron chi connectivity index (χ1n) is 15.1. The molecule has 2 amide bonds. The Labute approximate surface area is 262 Å². The van der Waals surface area contributed by atoms with E-state index in [2.05, 4.69) is 33.4 Å². The number of thiophene rings is 1. The van der Waals surface area contributed by atoms with Gasteiger partial charge in [0.05, 0.1) is 37.7 Å². The molecule has 0 unspecified atom stereocenters. The summed E-state index contributed by atoms with van der Waals surface area (Å²) in [5.74, 6) is -0.734. The number of hydrogen-bond acceptors (Lipinski definition) is 7. The normalized spacial score (nSPS) is 22.4. The van der Waals surface area contributed by atoms with Gasteiger partial charge in [0.15, 0.2) is 0 Å². The van der Waals surface area contributed by atoms with Crippen LogP contribution in [0, 0.1) is 17.8 Å². The molecule has 13 heteroatoms. The van der Waals surface area contributed by atoms with E-state index >= 15 is 0 Å². The molecule has 4 rings (SSSR count). The number of alkyl halides is 3. The fourth-order valence-electron chi connectivity index (χ4n) is 5.97. The maximum absolute atomic E-state index is 13.3. The highest BCUT2D eigenvalue weighted by molar-refractivity contribution is 7.93. The molecule has 0 spiro atoms. The zero-order chi connectivity index (χ0) is 32.4. The van der Waals surface area contributed by atoms with Gasteiger partial charge in [-0.3, -0.25) is 14.7 Å². The predicted octanol–water partition coefficient (Wildman–Crippen LogP) is 7.74. The number of nitrogens with one attached hydrogen (secondary N) is 1. The monoisotopic (exact) mass is 656 g/mol. The zero-order valence-corrected chi connectivity index (χ0v) is 27.8. The molecule has 44 heavy (non-hydrogen) atoms. The first kappa shape index (κ1) is 34.4. The van der Waals surface area contributed by atoms with Crippen LogP contribution in [0.4, 0.5) is 18.0 Å². The molecule has 2 atom stereocenters. The van der Waals surface area contributed by atoms with E-state index in [0.717, 1.165) is 17.0 Å². The zero-order valence-electron chi connectivity index (χ0n) is 26.2. The van der Waals surface area contributed by atoms with Crippen molar-refractivity contribution in [2.24, 2.45) is 22.1 Å². The number of hydrogen-bond donors (Lipinski definition) is 1. The van der Waals surface area contributed by atoms with Crippen molar-refractivity contribution in [3.05, 3.63) is 45.4 Å². The van der Waals surface area contributed by atoms with E-state index in [1.54, 1.807) is 39.8 Å². The number of fused-ring (bicyclic) bond motifs is 1. The number of rotatable bonds is 8. The van der Waals surface area contributed by atoms with Crippen molar-refractivity contribution in [3.63, 3.8) is 0 Å². The van der Waals surface area contributed by atoms with E-state index in [9.17, 15) is 27.0 Å². The molecule has 0 bridgehead atoms. The molecule has 3 heterocycles. The van der Waals surface area contributed by atoms with Crippen molar-refractivity contribution in [2.45, 2.75) is 103 Å². The molecular weight excluding hydrogens is 613 g/mol. The van der Waals surface area contributed by atoms with Crippen LogP contribution in [0.1, 0.15) is 99.1 Å². The molecule has 0 saturated heterocycles. The number of pyridine rings is 1. The minimum atomic E-state index is -4.10. The van der Waals surface area contributed by atoms with Crippen LogP contribution >= 0.6 is 11.3 Å². The van der Waals surface area contributed by atoms with Gasteiger partial charge in [-0.2, -0.15) is 13.2 Å². The highest BCUT2D eigenvalue weighted by Crippen LogP contribution is 2.46. The Balaban J connectivity index is 1.36. The smallest absolute Gasteiger partial charge is 0.442 e. The first-order valence-corrected chi connectivity index (χ1v) is 17.6. The van der Waals surface area contributed by atoms with Crippen LogP contribution in [0.15, 0.2) is 33.7 Å². The average molecular weight is 657 g/mol. The summed E-state index contributed by atoms with van der Waals surface area (Å²) in [6, 6.07) is 5.31. The summed E-state index contributed by atoms with van der Waals surface area (Å²) < 4.78 is 61.7. The minimum absolute atomic E-state index is 0.112. The summed E-state index contributed by atoms with van der Waals surface area (Å²) in [5.41, 5.74) is 0.912. The van der Waals surface area contributed by atoms with Crippen LogP contribution in [-0.2, 0) is 27.6 Å². The third-order valence-corrected chi connectivity index (χ3v) is 11.6. The Morgan fingerprint density at radius 2 is 1.86 bits per heavy atom. The Morgan fingerprint density at radius 3 is 2.41 bits per heavy atom. The standard InChI is InChI=1S/C31H43F3N4O4S2/c1-7-44(41,37-29(40)42-30(4,5)6)24-13-12-23(35-16-24)15-36-28(39)25-14-21-18-38(26(19(2)3)27(21)43-25)17-20-8-10-22(11-9-20)31(32,33)34/h12-14,16,19-20,22,26H,7-11,15,17-18H2,1-6H3,(H,36,39)/t20?,22?,26-,44+/m0/s1. The molecule has 8 nitrogen and oxygen atoms in total. The van der Waals surface area contributed by atoms with Gasteiger partial charge < -0.3 is 10.1 Å². The van der Waals surface area contributed by atoms with E-state index in [-0.39, 0.29) is 43.0 Å². The number of carbonyl (C=O) groups is 2. The molecule has 2 aliphatic rings. The Hall–Kier alpha value is -2.51. The third kappa shape index (κ3) is 8.39. The minimum Gasteiger partial charge on any atom is -0.442 e. The molecule has 1 N–H and O–H groups in total. The van der Waals surface area contributed by atoms with Gasteiger partial charge in [-0.25, -0.2) is 9.00 Å². The second-order valence-corrected chi connectivity index (χ2v) is 16.6. The van der Waals surface area contributed by atoms with Gasteiger partial charge in [-0.1, -0.05) is 20.8 Å². The number of carbonyl (C=O) groups excluding carboxylic acids is 2. The summed E-state index contributed by atoms with van der Waals surface area (Å²) in [6.07, 6.45) is -1.98. The molecule has 1 fully saturated rings. The van der Waals surface area contributed by atoms with Crippen molar-refractivity contribution in [1.29, 1.82) is 0 Å². The van der Waals surface area contributed by atoms with Gasteiger partial charge in [0.1, 0.15) is 5.60 Å². The van der Waals surface area contributed by atoms with Crippen LogP contribution in [0.5, 0.6) is 0 Å². The molecule has 244 valence electrons.